The predicted molar refractivity (Wildman–Crippen MR) is 90.8 cm³/mol. The molecule has 1 aromatic rings. The Morgan fingerprint density at radius 3 is 2.71 bits per heavy atom. The van der Waals surface area contributed by atoms with Crippen molar-refractivity contribution in [1.82, 2.24) is 10.6 Å². The molecule has 0 radical (unpaired) electrons. The minimum absolute atomic E-state index is 0.263. The van der Waals surface area contributed by atoms with E-state index in [-0.39, 0.29) is 5.91 Å². The minimum Gasteiger partial charge on any atom is -0.496 e. The van der Waals surface area contributed by atoms with Gasteiger partial charge >= 0.3 is 0 Å². The Bertz CT molecular complexity index is 530. The lowest BCUT2D eigenvalue weighted by Gasteiger charge is -2.24. The summed E-state index contributed by atoms with van der Waals surface area (Å²) < 4.78 is 6.03. The number of amides is 1. The molecule has 21 heavy (non-hydrogen) atoms. The van der Waals surface area contributed by atoms with Crippen LogP contribution in [0.15, 0.2) is 22.7 Å². The van der Waals surface area contributed by atoms with Crippen molar-refractivity contribution in [3.05, 3.63) is 28.2 Å². The number of carbonyl (C=O) groups is 1. The second-order valence-electron chi connectivity index (χ2n) is 5.11. The van der Waals surface area contributed by atoms with E-state index in [4.69, 9.17) is 17.0 Å². The highest BCUT2D eigenvalue weighted by Gasteiger charge is 2.17. The third-order valence-electron chi connectivity index (χ3n) is 3.57. The van der Waals surface area contributed by atoms with Crippen molar-refractivity contribution in [2.75, 3.05) is 7.11 Å². The summed E-state index contributed by atoms with van der Waals surface area (Å²) in [6, 6.07) is 5.67. The average Bonchev–Trinajstić information content (AvgIpc) is 2.48. The number of benzene rings is 1. The first-order valence-corrected chi connectivity index (χ1v) is 8.25. The summed E-state index contributed by atoms with van der Waals surface area (Å²) in [5.74, 6) is 0.262. The predicted octanol–water partition coefficient (Wildman–Crippen LogP) is 3.39. The van der Waals surface area contributed by atoms with Crippen LogP contribution >= 0.6 is 28.1 Å². The van der Waals surface area contributed by atoms with E-state index >= 15 is 0 Å². The molecule has 0 heterocycles. The lowest BCUT2D eigenvalue weighted by atomic mass is 9.96. The van der Waals surface area contributed by atoms with Crippen molar-refractivity contribution >= 4 is 39.2 Å². The Kier molecular flexibility index (Phi) is 5.99. The Balaban J connectivity index is 1.97. The van der Waals surface area contributed by atoms with Crippen LogP contribution < -0.4 is 15.4 Å². The number of nitrogens with one attached hydrogen (secondary N) is 2. The molecule has 0 unspecified atom stereocenters. The quantitative estimate of drug-likeness (QED) is 0.800. The molecular weight excluding hydrogens is 352 g/mol. The highest BCUT2D eigenvalue weighted by molar-refractivity contribution is 9.10. The molecule has 0 saturated heterocycles. The topological polar surface area (TPSA) is 50.4 Å². The minimum atomic E-state index is -0.263. The number of carbonyl (C=O) groups excluding carboxylic acids is 1. The third-order valence-corrected chi connectivity index (χ3v) is 4.29. The van der Waals surface area contributed by atoms with Crippen LogP contribution in [0.25, 0.3) is 0 Å². The van der Waals surface area contributed by atoms with Crippen LogP contribution in [0.4, 0.5) is 0 Å². The molecule has 1 fully saturated rings. The molecule has 1 aliphatic carbocycles. The van der Waals surface area contributed by atoms with Gasteiger partial charge in [-0.2, -0.15) is 0 Å². The van der Waals surface area contributed by atoms with E-state index in [0.717, 1.165) is 17.3 Å². The SMILES string of the molecule is COc1ccc(Br)cc1C(=O)NC(=S)NC1CCCCC1. The van der Waals surface area contributed by atoms with Crippen LogP contribution in [0.2, 0.25) is 0 Å². The summed E-state index contributed by atoms with van der Waals surface area (Å²) in [6.45, 7) is 0. The van der Waals surface area contributed by atoms with Gasteiger partial charge in [-0.15, -0.1) is 0 Å². The molecule has 2 rings (SSSR count). The lowest BCUT2D eigenvalue weighted by molar-refractivity contribution is 0.0973. The molecule has 0 spiro atoms. The Morgan fingerprint density at radius 2 is 2.05 bits per heavy atom. The van der Waals surface area contributed by atoms with Crippen molar-refractivity contribution < 1.29 is 9.53 Å². The lowest BCUT2D eigenvalue weighted by Crippen LogP contribution is -2.45. The maximum absolute atomic E-state index is 12.3. The van der Waals surface area contributed by atoms with E-state index in [9.17, 15) is 4.79 Å². The maximum Gasteiger partial charge on any atom is 0.261 e. The molecule has 1 saturated carbocycles. The Labute approximate surface area is 138 Å². The molecule has 1 amide bonds. The molecule has 6 heteroatoms. The Hall–Kier alpha value is -1.14. The number of methoxy groups -OCH3 is 1. The number of rotatable bonds is 3. The van der Waals surface area contributed by atoms with Crippen LogP contribution in [0, 0.1) is 0 Å². The maximum atomic E-state index is 12.3. The van der Waals surface area contributed by atoms with Crippen molar-refractivity contribution in [1.29, 1.82) is 0 Å². The molecule has 0 aliphatic heterocycles. The molecule has 0 atom stereocenters. The number of hydrogen-bond acceptors (Lipinski definition) is 3. The number of thiocarbonyl (C=S) groups is 1. The second-order valence-corrected chi connectivity index (χ2v) is 6.43. The first-order valence-electron chi connectivity index (χ1n) is 7.05. The summed E-state index contributed by atoms with van der Waals surface area (Å²) in [4.78, 5) is 12.3. The molecule has 4 nitrogen and oxygen atoms in total. The molecule has 1 aromatic carbocycles. The number of ether oxygens (including phenoxy) is 1. The summed E-state index contributed by atoms with van der Waals surface area (Å²) in [6.07, 6.45) is 5.93. The van der Waals surface area contributed by atoms with Crippen LogP contribution in [0.1, 0.15) is 42.5 Å². The molecule has 0 aromatic heterocycles. The van der Waals surface area contributed by atoms with Gasteiger partial charge in [-0.05, 0) is 43.3 Å². The normalized spacial score (nSPS) is 15.3. The van der Waals surface area contributed by atoms with E-state index in [1.807, 2.05) is 6.07 Å². The fraction of sp³-hybridized carbons (Fsp3) is 0.467. The van der Waals surface area contributed by atoms with Gasteiger partial charge in [0, 0.05) is 10.5 Å². The summed E-state index contributed by atoms with van der Waals surface area (Å²) in [7, 11) is 1.54. The number of halogens is 1. The molecule has 114 valence electrons. The Morgan fingerprint density at radius 1 is 1.33 bits per heavy atom. The molecule has 2 N–H and O–H groups in total. The van der Waals surface area contributed by atoms with Gasteiger partial charge in [-0.3, -0.25) is 10.1 Å². The van der Waals surface area contributed by atoms with Gasteiger partial charge < -0.3 is 10.1 Å². The van der Waals surface area contributed by atoms with E-state index in [1.54, 1.807) is 19.2 Å². The van der Waals surface area contributed by atoms with Gasteiger partial charge in [0.1, 0.15) is 5.75 Å². The first kappa shape index (κ1) is 16.2. The van der Waals surface area contributed by atoms with Crippen LogP contribution in [-0.2, 0) is 0 Å². The standard InChI is InChI=1S/C15H19BrN2O2S/c1-20-13-8-7-10(16)9-12(13)14(19)18-15(21)17-11-5-3-2-4-6-11/h7-9,11H,2-6H2,1H3,(H2,17,18,19,21). The van der Waals surface area contributed by atoms with E-state index in [0.29, 0.717) is 22.5 Å². The zero-order chi connectivity index (χ0) is 15.2. The largest absolute Gasteiger partial charge is 0.496 e. The zero-order valence-corrected chi connectivity index (χ0v) is 14.4. The third kappa shape index (κ3) is 4.68. The molecule has 0 bridgehead atoms. The fourth-order valence-corrected chi connectivity index (χ4v) is 3.12. The van der Waals surface area contributed by atoms with E-state index < -0.39 is 0 Å². The van der Waals surface area contributed by atoms with Crippen LogP contribution in [0.5, 0.6) is 5.75 Å². The second kappa shape index (κ2) is 7.75. The van der Waals surface area contributed by atoms with Gasteiger partial charge in [0.25, 0.3) is 5.91 Å². The monoisotopic (exact) mass is 370 g/mol. The fourth-order valence-electron chi connectivity index (χ4n) is 2.50. The number of hydrogen-bond donors (Lipinski definition) is 2. The summed E-state index contributed by atoms with van der Waals surface area (Å²) >= 11 is 8.58. The average molecular weight is 371 g/mol. The van der Waals surface area contributed by atoms with Gasteiger partial charge in [0.15, 0.2) is 5.11 Å². The van der Waals surface area contributed by atoms with Gasteiger partial charge in [0.2, 0.25) is 0 Å². The first-order chi connectivity index (χ1) is 10.1. The van der Waals surface area contributed by atoms with Gasteiger partial charge in [-0.25, -0.2) is 0 Å². The van der Waals surface area contributed by atoms with Crippen molar-refractivity contribution in [3.63, 3.8) is 0 Å². The smallest absolute Gasteiger partial charge is 0.261 e. The van der Waals surface area contributed by atoms with Gasteiger partial charge in [-0.1, -0.05) is 35.2 Å². The van der Waals surface area contributed by atoms with Crippen molar-refractivity contribution in [2.45, 2.75) is 38.1 Å². The highest BCUT2D eigenvalue weighted by Crippen LogP contribution is 2.23. The van der Waals surface area contributed by atoms with Crippen molar-refractivity contribution in [2.24, 2.45) is 0 Å². The molecule has 1 aliphatic rings. The van der Waals surface area contributed by atoms with Crippen LogP contribution in [-0.4, -0.2) is 24.2 Å². The highest BCUT2D eigenvalue weighted by atomic mass is 79.9. The summed E-state index contributed by atoms with van der Waals surface area (Å²) in [5.41, 5.74) is 0.458. The van der Waals surface area contributed by atoms with E-state index in [2.05, 4.69) is 26.6 Å². The zero-order valence-electron chi connectivity index (χ0n) is 11.9. The van der Waals surface area contributed by atoms with Crippen LogP contribution in [0.3, 0.4) is 0 Å². The summed E-state index contributed by atoms with van der Waals surface area (Å²) in [5, 5.41) is 6.33. The van der Waals surface area contributed by atoms with Gasteiger partial charge in [0.05, 0.1) is 12.7 Å². The van der Waals surface area contributed by atoms with E-state index in [1.165, 1.54) is 19.3 Å². The molecular formula is C15H19BrN2O2S. The van der Waals surface area contributed by atoms with Crippen molar-refractivity contribution in [3.8, 4) is 5.75 Å².